The predicted molar refractivity (Wildman–Crippen MR) is 134 cm³/mol. The SMILES string of the molecule is O=C1CC(NS(=O)(=O)C2CC2)[C@@H](c2ccc(Cl)s2)N1c1ccc2c(cnn2-c2ccc(F)cc2)c1. The van der Waals surface area contributed by atoms with Gasteiger partial charge in [0.05, 0.1) is 39.1 Å². The molecule has 2 aromatic heterocycles. The van der Waals surface area contributed by atoms with Crippen molar-refractivity contribution in [2.75, 3.05) is 4.90 Å². The van der Waals surface area contributed by atoms with Crippen LogP contribution in [0.3, 0.4) is 0 Å². The van der Waals surface area contributed by atoms with Crippen LogP contribution < -0.4 is 9.62 Å². The number of carbonyl (C=O) groups is 1. The van der Waals surface area contributed by atoms with Gasteiger partial charge >= 0.3 is 0 Å². The molecule has 35 heavy (non-hydrogen) atoms. The second-order valence-corrected chi connectivity index (χ2v) is 12.5. The number of aromatic nitrogens is 2. The van der Waals surface area contributed by atoms with E-state index >= 15 is 0 Å². The van der Waals surface area contributed by atoms with Crippen LogP contribution >= 0.6 is 22.9 Å². The van der Waals surface area contributed by atoms with E-state index in [1.807, 2.05) is 24.3 Å². The lowest BCUT2D eigenvalue weighted by Crippen LogP contribution is -2.41. The van der Waals surface area contributed by atoms with Gasteiger partial charge in [0.2, 0.25) is 15.9 Å². The molecular weight excluding hydrogens is 511 g/mol. The number of anilines is 1. The Balaban J connectivity index is 1.39. The Labute approximate surface area is 210 Å². The molecule has 2 aromatic carbocycles. The summed E-state index contributed by atoms with van der Waals surface area (Å²) in [5.41, 5.74) is 2.16. The molecule has 2 aliphatic rings. The first kappa shape index (κ1) is 22.7. The molecule has 1 aliphatic heterocycles. The van der Waals surface area contributed by atoms with Crippen LogP contribution in [0.15, 0.2) is 60.8 Å². The number of fused-ring (bicyclic) bond motifs is 1. The third-order valence-electron chi connectivity index (χ3n) is 6.39. The van der Waals surface area contributed by atoms with Crippen molar-refractivity contribution in [3.05, 3.63) is 75.8 Å². The molecule has 2 fully saturated rings. The monoisotopic (exact) mass is 530 g/mol. The molecule has 1 aliphatic carbocycles. The van der Waals surface area contributed by atoms with Gasteiger partial charge in [0.15, 0.2) is 0 Å². The number of nitrogens with zero attached hydrogens (tertiary/aromatic N) is 3. The van der Waals surface area contributed by atoms with Crippen LogP contribution in [0.25, 0.3) is 16.6 Å². The lowest BCUT2D eigenvalue weighted by Gasteiger charge is -2.28. The summed E-state index contributed by atoms with van der Waals surface area (Å²) in [7, 11) is -3.50. The van der Waals surface area contributed by atoms with Crippen molar-refractivity contribution >= 4 is 55.5 Å². The number of carbonyl (C=O) groups excluding carboxylic acids is 1. The number of hydrogen-bond donors (Lipinski definition) is 1. The second kappa shape index (κ2) is 8.41. The van der Waals surface area contributed by atoms with Crippen LogP contribution in [0.5, 0.6) is 0 Å². The molecule has 1 N–H and O–H groups in total. The lowest BCUT2D eigenvalue weighted by atomic mass is 10.1. The van der Waals surface area contributed by atoms with Crippen LogP contribution in [0, 0.1) is 5.82 Å². The van der Waals surface area contributed by atoms with Gasteiger partial charge in [-0.15, -0.1) is 11.3 Å². The normalized spacial score (nSPS) is 20.7. The zero-order valence-electron chi connectivity index (χ0n) is 18.3. The minimum Gasteiger partial charge on any atom is -0.302 e. The predicted octanol–water partition coefficient (Wildman–Crippen LogP) is 4.81. The van der Waals surface area contributed by atoms with Gasteiger partial charge in [-0.1, -0.05) is 11.6 Å². The molecule has 7 nitrogen and oxygen atoms in total. The van der Waals surface area contributed by atoms with Crippen molar-refractivity contribution in [3.63, 3.8) is 0 Å². The molecule has 1 saturated carbocycles. The van der Waals surface area contributed by atoms with Crippen LogP contribution in [0.4, 0.5) is 10.1 Å². The number of thiophene rings is 1. The van der Waals surface area contributed by atoms with E-state index in [2.05, 4.69) is 9.82 Å². The highest BCUT2D eigenvalue weighted by Gasteiger charge is 2.46. The Hall–Kier alpha value is -2.79. The molecule has 6 rings (SSSR count). The van der Waals surface area contributed by atoms with Gasteiger partial charge < -0.3 is 4.90 Å². The topological polar surface area (TPSA) is 84.3 Å². The van der Waals surface area contributed by atoms with Crippen molar-refractivity contribution in [3.8, 4) is 5.69 Å². The number of hydrogen-bond acceptors (Lipinski definition) is 5. The highest BCUT2D eigenvalue weighted by Crippen LogP contribution is 2.42. The van der Waals surface area contributed by atoms with Gasteiger partial charge in [0, 0.05) is 22.4 Å². The minimum atomic E-state index is -3.50. The maximum atomic E-state index is 13.3. The maximum Gasteiger partial charge on any atom is 0.229 e. The third kappa shape index (κ3) is 4.14. The molecule has 1 unspecified atom stereocenters. The van der Waals surface area contributed by atoms with Gasteiger partial charge in [-0.25, -0.2) is 22.2 Å². The van der Waals surface area contributed by atoms with E-state index in [-0.39, 0.29) is 23.4 Å². The van der Waals surface area contributed by atoms with E-state index in [9.17, 15) is 17.6 Å². The first-order valence-electron chi connectivity index (χ1n) is 11.1. The summed E-state index contributed by atoms with van der Waals surface area (Å²) in [5, 5.41) is 4.85. The van der Waals surface area contributed by atoms with Gasteiger partial charge in [-0.2, -0.15) is 5.10 Å². The minimum absolute atomic E-state index is 0.0546. The Morgan fingerprint density at radius 2 is 1.80 bits per heavy atom. The van der Waals surface area contributed by atoms with Gasteiger partial charge in [0.25, 0.3) is 0 Å². The van der Waals surface area contributed by atoms with Crippen molar-refractivity contribution < 1.29 is 17.6 Å². The molecule has 4 aromatic rings. The number of nitrogens with one attached hydrogen (secondary N) is 1. The van der Waals surface area contributed by atoms with E-state index in [0.717, 1.165) is 15.8 Å². The number of amides is 1. The highest BCUT2D eigenvalue weighted by molar-refractivity contribution is 7.90. The first-order chi connectivity index (χ1) is 16.8. The third-order valence-corrected chi connectivity index (χ3v) is 9.67. The fraction of sp³-hybridized carbons (Fsp3) is 0.250. The molecule has 1 amide bonds. The highest BCUT2D eigenvalue weighted by atomic mass is 35.5. The number of rotatable bonds is 6. The Kier molecular flexibility index (Phi) is 5.44. The zero-order valence-corrected chi connectivity index (χ0v) is 20.7. The van der Waals surface area contributed by atoms with Gasteiger partial charge in [0.1, 0.15) is 5.82 Å². The number of benzene rings is 2. The summed E-state index contributed by atoms with van der Waals surface area (Å²) in [6.07, 6.45) is 3.03. The van der Waals surface area contributed by atoms with Crippen molar-refractivity contribution in [1.82, 2.24) is 14.5 Å². The van der Waals surface area contributed by atoms with E-state index in [1.54, 1.807) is 34.0 Å². The molecule has 1 saturated heterocycles. The summed E-state index contributed by atoms with van der Waals surface area (Å²) in [6.45, 7) is 0. The maximum absolute atomic E-state index is 13.3. The van der Waals surface area contributed by atoms with Crippen LogP contribution in [0.2, 0.25) is 4.34 Å². The summed E-state index contributed by atoms with van der Waals surface area (Å²) in [4.78, 5) is 15.7. The standard InChI is InChI=1S/C24H20ClFN4O3S2/c25-22-10-9-21(34-22)24-19(28-35(32,33)18-6-7-18)12-23(31)29(24)17-5-8-20-14(11-17)13-27-30(20)16-3-1-15(26)2-4-16/h1-5,8-11,13,18-19,24,28H,6-7,12H2/t19?,24-/m0/s1. The van der Waals surface area contributed by atoms with Gasteiger partial charge in [-0.05, 0) is 67.4 Å². The quantitative estimate of drug-likeness (QED) is 0.388. The van der Waals surface area contributed by atoms with Crippen molar-refractivity contribution in [2.24, 2.45) is 0 Å². The molecule has 0 radical (unpaired) electrons. The number of halogens is 2. The summed E-state index contributed by atoms with van der Waals surface area (Å²) < 4.78 is 43.8. The molecular formula is C24H20ClFN4O3S2. The van der Waals surface area contributed by atoms with Crippen LogP contribution in [-0.4, -0.2) is 35.4 Å². The van der Waals surface area contributed by atoms with Gasteiger partial charge in [-0.3, -0.25) is 4.79 Å². The fourth-order valence-electron chi connectivity index (χ4n) is 4.60. The molecule has 0 spiro atoms. The van der Waals surface area contributed by atoms with Crippen LogP contribution in [-0.2, 0) is 14.8 Å². The summed E-state index contributed by atoms with van der Waals surface area (Å²) in [5.74, 6) is -0.500. The molecule has 0 bridgehead atoms. The molecule has 3 heterocycles. The van der Waals surface area contributed by atoms with E-state index < -0.39 is 22.1 Å². The van der Waals surface area contributed by atoms with E-state index in [0.29, 0.717) is 28.6 Å². The summed E-state index contributed by atoms with van der Waals surface area (Å²) in [6, 6.07) is 14.1. The smallest absolute Gasteiger partial charge is 0.229 e. The Bertz CT molecular complexity index is 1550. The van der Waals surface area contributed by atoms with Crippen molar-refractivity contribution in [1.29, 1.82) is 0 Å². The summed E-state index contributed by atoms with van der Waals surface area (Å²) >= 11 is 7.54. The fourth-order valence-corrected chi connectivity index (χ4v) is 7.40. The molecule has 11 heteroatoms. The first-order valence-corrected chi connectivity index (χ1v) is 13.9. The zero-order chi connectivity index (χ0) is 24.3. The van der Waals surface area contributed by atoms with Crippen LogP contribution in [0.1, 0.15) is 30.2 Å². The largest absolute Gasteiger partial charge is 0.302 e. The molecule has 180 valence electrons. The van der Waals surface area contributed by atoms with E-state index in [1.165, 1.54) is 23.5 Å². The lowest BCUT2D eigenvalue weighted by molar-refractivity contribution is -0.117. The second-order valence-electron chi connectivity index (χ2n) is 8.80. The average Bonchev–Trinajstić information content (AvgIpc) is 3.38. The number of sulfonamides is 1. The van der Waals surface area contributed by atoms with Crippen molar-refractivity contribution in [2.45, 2.75) is 36.6 Å². The average molecular weight is 531 g/mol. The Morgan fingerprint density at radius 1 is 1.06 bits per heavy atom. The Morgan fingerprint density at radius 3 is 2.49 bits per heavy atom. The molecule has 2 atom stereocenters. The van der Waals surface area contributed by atoms with E-state index in [4.69, 9.17) is 11.6 Å².